The van der Waals surface area contributed by atoms with Gasteiger partial charge < -0.3 is 15.1 Å². The predicted molar refractivity (Wildman–Crippen MR) is 97.5 cm³/mol. The molecule has 0 bridgehead atoms. The van der Waals surface area contributed by atoms with Crippen LogP contribution in [0.3, 0.4) is 0 Å². The minimum absolute atomic E-state index is 0.276. The molecule has 132 valence electrons. The van der Waals surface area contributed by atoms with Gasteiger partial charge in [0.25, 0.3) is 0 Å². The predicted octanol–water partition coefficient (Wildman–Crippen LogP) is 2.27. The van der Waals surface area contributed by atoms with Crippen LogP contribution in [0.25, 0.3) is 22.6 Å². The molecule has 2 heterocycles. The molecule has 0 aliphatic rings. The molecule has 8 nitrogen and oxygen atoms in total. The minimum atomic E-state index is -0.379. The maximum atomic E-state index is 12.2. The summed E-state index contributed by atoms with van der Waals surface area (Å²) < 4.78 is 7.36. The number of nitrogens with two attached hydrogens (primary N) is 1. The van der Waals surface area contributed by atoms with E-state index < -0.39 is 0 Å². The number of ether oxygens (including phenoxy) is 1. The van der Waals surface area contributed by atoms with Gasteiger partial charge >= 0.3 is 5.69 Å². The lowest BCUT2D eigenvalue weighted by molar-refractivity contribution is 0.318. The van der Waals surface area contributed by atoms with Crippen molar-refractivity contribution in [2.45, 2.75) is 33.2 Å². The molecule has 3 rings (SSSR count). The molecule has 2 aromatic heterocycles. The maximum absolute atomic E-state index is 12.2. The highest BCUT2D eigenvalue weighted by Gasteiger charge is 2.17. The third kappa shape index (κ3) is 3.20. The van der Waals surface area contributed by atoms with Crippen LogP contribution in [-0.2, 0) is 6.54 Å². The minimum Gasteiger partial charge on any atom is -0.493 e. The number of imidazole rings is 1. The van der Waals surface area contributed by atoms with Crippen LogP contribution in [-0.4, -0.2) is 26.1 Å². The topological polar surface area (TPSA) is 111 Å². The summed E-state index contributed by atoms with van der Waals surface area (Å²) in [5.41, 5.74) is 4.03. The molecule has 0 unspecified atom stereocenters. The highest BCUT2D eigenvalue weighted by Crippen LogP contribution is 2.30. The number of aromatic amines is 1. The molecule has 1 aromatic carbocycles. The fraction of sp³-hybridized carbons (Fsp3) is 0.353. The van der Waals surface area contributed by atoms with E-state index in [2.05, 4.69) is 27.3 Å². The molecule has 0 amide bonds. The Hall–Kier alpha value is -2.87. The number of nitrogens with one attached hydrogen (secondary N) is 2. The fourth-order valence-corrected chi connectivity index (χ4v) is 2.68. The summed E-state index contributed by atoms with van der Waals surface area (Å²) >= 11 is 0. The van der Waals surface area contributed by atoms with E-state index in [1.165, 1.54) is 0 Å². The number of nitrogen functional groups attached to an aromatic ring is 1. The van der Waals surface area contributed by atoms with E-state index >= 15 is 0 Å². The van der Waals surface area contributed by atoms with Crippen molar-refractivity contribution in [1.29, 1.82) is 0 Å². The molecule has 8 heteroatoms. The summed E-state index contributed by atoms with van der Waals surface area (Å²) in [5.74, 6) is 7.14. The summed E-state index contributed by atoms with van der Waals surface area (Å²) in [5, 5.41) is 0. The Balaban J connectivity index is 2.19. The third-order valence-electron chi connectivity index (χ3n) is 3.80. The number of hydrogen-bond acceptors (Lipinski definition) is 6. The molecule has 0 aliphatic carbocycles. The molecule has 3 aromatic rings. The van der Waals surface area contributed by atoms with Crippen molar-refractivity contribution in [2.75, 3.05) is 12.0 Å². The SMILES string of the molecule is CCCOc1ccccc1-c1nc2c([nH]1)c(NN)nc(=O)n2CCC. The van der Waals surface area contributed by atoms with Crippen molar-refractivity contribution in [3.63, 3.8) is 0 Å². The second-order valence-corrected chi connectivity index (χ2v) is 5.67. The molecule has 0 saturated heterocycles. The Morgan fingerprint density at radius 1 is 1.24 bits per heavy atom. The molecule has 0 saturated carbocycles. The molecular formula is C17H22N6O2. The second kappa shape index (κ2) is 7.35. The van der Waals surface area contributed by atoms with Gasteiger partial charge in [-0.15, -0.1) is 0 Å². The number of aromatic nitrogens is 4. The lowest BCUT2D eigenvalue weighted by Gasteiger charge is -2.08. The Bertz CT molecular complexity index is 931. The van der Waals surface area contributed by atoms with E-state index in [0.717, 1.165) is 24.2 Å². The summed E-state index contributed by atoms with van der Waals surface area (Å²) in [4.78, 5) is 24.1. The largest absolute Gasteiger partial charge is 0.493 e. The monoisotopic (exact) mass is 342 g/mol. The molecule has 0 fully saturated rings. The first kappa shape index (κ1) is 17.0. The van der Waals surface area contributed by atoms with Crippen molar-refractivity contribution < 1.29 is 4.74 Å². The van der Waals surface area contributed by atoms with Gasteiger partial charge in [0.05, 0.1) is 12.2 Å². The Morgan fingerprint density at radius 2 is 2.04 bits per heavy atom. The van der Waals surface area contributed by atoms with Crippen LogP contribution >= 0.6 is 0 Å². The van der Waals surface area contributed by atoms with Crippen molar-refractivity contribution in [1.82, 2.24) is 19.5 Å². The van der Waals surface area contributed by atoms with Gasteiger partial charge in [-0.05, 0) is 25.0 Å². The first-order chi connectivity index (χ1) is 12.2. The summed E-state index contributed by atoms with van der Waals surface area (Å²) in [6.07, 6.45) is 1.71. The molecule has 4 N–H and O–H groups in total. The van der Waals surface area contributed by atoms with Gasteiger partial charge in [0.2, 0.25) is 0 Å². The van der Waals surface area contributed by atoms with Gasteiger partial charge in [0, 0.05) is 6.54 Å². The number of benzene rings is 1. The number of para-hydroxylation sites is 1. The number of anilines is 1. The van der Waals surface area contributed by atoms with E-state index in [1.807, 2.05) is 31.2 Å². The zero-order valence-corrected chi connectivity index (χ0v) is 14.4. The Kier molecular flexibility index (Phi) is 4.99. The number of aryl methyl sites for hydroxylation is 1. The first-order valence-corrected chi connectivity index (χ1v) is 8.39. The molecular weight excluding hydrogens is 320 g/mol. The first-order valence-electron chi connectivity index (χ1n) is 8.39. The molecule has 0 radical (unpaired) electrons. The Morgan fingerprint density at radius 3 is 2.76 bits per heavy atom. The van der Waals surface area contributed by atoms with Crippen LogP contribution in [0, 0.1) is 0 Å². The van der Waals surface area contributed by atoms with E-state index in [1.54, 1.807) is 4.57 Å². The number of hydrogen-bond donors (Lipinski definition) is 3. The van der Waals surface area contributed by atoms with Crippen molar-refractivity contribution in [2.24, 2.45) is 5.84 Å². The van der Waals surface area contributed by atoms with Crippen molar-refractivity contribution in [3.8, 4) is 17.1 Å². The highest BCUT2D eigenvalue weighted by atomic mass is 16.5. The smallest absolute Gasteiger partial charge is 0.351 e. The van der Waals surface area contributed by atoms with Crippen molar-refractivity contribution in [3.05, 3.63) is 34.7 Å². The lowest BCUT2D eigenvalue weighted by Crippen LogP contribution is -2.26. The van der Waals surface area contributed by atoms with Crippen LogP contribution in [0.5, 0.6) is 5.75 Å². The van der Waals surface area contributed by atoms with E-state index in [-0.39, 0.29) is 11.5 Å². The summed E-state index contributed by atoms with van der Waals surface area (Å²) in [6.45, 7) is 5.20. The number of hydrazine groups is 1. The average molecular weight is 342 g/mol. The van der Waals surface area contributed by atoms with Crippen LogP contribution in [0.15, 0.2) is 29.1 Å². The standard InChI is InChI=1S/C17H22N6O2/c1-3-9-23-16-13(15(22-18)21-17(23)24)19-14(20-16)11-7-5-6-8-12(11)25-10-4-2/h5-8H,3-4,9-10,18H2,1-2H3,(H,19,20)(H,21,22,24). The lowest BCUT2D eigenvalue weighted by atomic mass is 10.2. The third-order valence-corrected chi connectivity index (χ3v) is 3.80. The van der Waals surface area contributed by atoms with Crippen LogP contribution in [0.1, 0.15) is 26.7 Å². The Labute approximate surface area is 145 Å². The second-order valence-electron chi connectivity index (χ2n) is 5.67. The van der Waals surface area contributed by atoms with Gasteiger partial charge in [0.15, 0.2) is 11.5 Å². The van der Waals surface area contributed by atoms with Crippen LogP contribution in [0.2, 0.25) is 0 Å². The maximum Gasteiger partial charge on any atom is 0.351 e. The van der Waals surface area contributed by atoms with E-state index in [9.17, 15) is 4.79 Å². The average Bonchev–Trinajstić information content (AvgIpc) is 3.07. The van der Waals surface area contributed by atoms with Gasteiger partial charge in [-0.2, -0.15) is 4.98 Å². The van der Waals surface area contributed by atoms with E-state index in [4.69, 9.17) is 10.6 Å². The summed E-state index contributed by atoms with van der Waals surface area (Å²) in [7, 11) is 0. The molecule has 0 spiro atoms. The van der Waals surface area contributed by atoms with Gasteiger partial charge in [0.1, 0.15) is 17.1 Å². The normalized spacial score (nSPS) is 11.0. The number of fused-ring (bicyclic) bond motifs is 1. The van der Waals surface area contributed by atoms with E-state index in [0.29, 0.717) is 30.1 Å². The fourth-order valence-electron chi connectivity index (χ4n) is 2.68. The number of rotatable bonds is 7. The van der Waals surface area contributed by atoms with Crippen LogP contribution in [0.4, 0.5) is 5.82 Å². The zero-order valence-electron chi connectivity index (χ0n) is 14.4. The van der Waals surface area contributed by atoms with Crippen LogP contribution < -0.4 is 21.7 Å². The highest BCUT2D eigenvalue weighted by molar-refractivity contribution is 5.86. The number of nitrogens with zero attached hydrogens (tertiary/aromatic N) is 3. The zero-order chi connectivity index (χ0) is 17.8. The number of H-pyrrole nitrogens is 1. The molecule has 0 aliphatic heterocycles. The van der Waals surface area contributed by atoms with Gasteiger partial charge in [-0.3, -0.25) is 4.57 Å². The summed E-state index contributed by atoms with van der Waals surface area (Å²) in [6, 6.07) is 7.66. The van der Waals surface area contributed by atoms with Gasteiger partial charge in [-0.25, -0.2) is 15.6 Å². The quantitative estimate of drug-likeness (QED) is 0.449. The molecule has 25 heavy (non-hydrogen) atoms. The van der Waals surface area contributed by atoms with Crippen molar-refractivity contribution >= 4 is 17.0 Å². The van der Waals surface area contributed by atoms with Gasteiger partial charge in [-0.1, -0.05) is 26.0 Å². The molecule has 0 atom stereocenters.